The molecular formula is C17H29N. The summed E-state index contributed by atoms with van der Waals surface area (Å²) >= 11 is 0. The zero-order valence-electron chi connectivity index (χ0n) is 12.6. The Kier molecular flexibility index (Phi) is 7.04. The normalized spacial score (nSPS) is 12.7. The Bertz CT molecular complexity index is 343. The zero-order valence-corrected chi connectivity index (χ0v) is 12.6. The van der Waals surface area contributed by atoms with Gasteiger partial charge in [-0.3, -0.25) is 0 Å². The molecule has 0 aliphatic carbocycles. The van der Waals surface area contributed by atoms with Gasteiger partial charge >= 0.3 is 0 Å². The minimum atomic E-state index is 0.627. The van der Waals surface area contributed by atoms with Crippen LogP contribution in [0.15, 0.2) is 18.2 Å². The monoisotopic (exact) mass is 247 g/mol. The highest BCUT2D eigenvalue weighted by Gasteiger charge is 2.04. The molecule has 1 N–H and O–H groups in total. The average molecular weight is 247 g/mol. The maximum Gasteiger partial charge on any atom is 0.0210 e. The fraction of sp³-hybridized carbons (Fsp3) is 0.647. The Morgan fingerprint density at radius 1 is 1.11 bits per heavy atom. The van der Waals surface area contributed by atoms with Gasteiger partial charge in [0, 0.05) is 12.6 Å². The lowest BCUT2D eigenvalue weighted by Gasteiger charge is -2.15. The first kappa shape index (κ1) is 15.2. The van der Waals surface area contributed by atoms with Gasteiger partial charge in [-0.05, 0) is 43.9 Å². The van der Waals surface area contributed by atoms with Crippen LogP contribution in [0.25, 0.3) is 0 Å². The summed E-state index contributed by atoms with van der Waals surface area (Å²) in [5.74, 6) is 0. The summed E-state index contributed by atoms with van der Waals surface area (Å²) in [4.78, 5) is 0. The van der Waals surface area contributed by atoms with Crippen LogP contribution in [0.4, 0.5) is 0 Å². The molecule has 102 valence electrons. The second kappa shape index (κ2) is 8.31. The predicted octanol–water partition coefficient (Wildman–Crippen LogP) is 4.75. The van der Waals surface area contributed by atoms with Gasteiger partial charge in [-0.25, -0.2) is 0 Å². The van der Waals surface area contributed by atoms with Crippen LogP contribution >= 0.6 is 0 Å². The molecular weight excluding hydrogens is 218 g/mol. The highest BCUT2D eigenvalue weighted by molar-refractivity contribution is 5.32. The Balaban J connectivity index is 2.29. The quantitative estimate of drug-likeness (QED) is 0.654. The SMILES string of the molecule is CCCCCCC(C)NCc1cccc(C)c1C. The van der Waals surface area contributed by atoms with Gasteiger partial charge in [0.05, 0.1) is 0 Å². The van der Waals surface area contributed by atoms with E-state index in [1.807, 2.05) is 0 Å². The predicted molar refractivity (Wildman–Crippen MR) is 81.0 cm³/mol. The van der Waals surface area contributed by atoms with E-state index in [-0.39, 0.29) is 0 Å². The first-order valence-electron chi connectivity index (χ1n) is 7.43. The van der Waals surface area contributed by atoms with Crippen LogP contribution in [-0.2, 0) is 6.54 Å². The van der Waals surface area contributed by atoms with E-state index in [4.69, 9.17) is 0 Å². The van der Waals surface area contributed by atoms with Crippen molar-refractivity contribution in [3.63, 3.8) is 0 Å². The highest BCUT2D eigenvalue weighted by atomic mass is 14.9. The van der Waals surface area contributed by atoms with Crippen LogP contribution in [0, 0.1) is 13.8 Å². The molecule has 0 spiro atoms. The van der Waals surface area contributed by atoms with Gasteiger partial charge in [-0.1, -0.05) is 50.8 Å². The molecule has 1 unspecified atom stereocenters. The summed E-state index contributed by atoms with van der Waals surface area (Å²) in [6, 6.07) is 7.21. The largest absolute Gasteiger partial charge is 0.310 e. The van der Waals surface area contributed by atoms with Crippen molar-refractivity contribution in [1.82, 2.24) is 5.32 Å². The van der Waals surface area contributed by atoms with Crippen molar-refractivity contribution in [3.05, 3.63) is 34.9 Å². The number of hydrogen-bond acceptors (Lipinski definition) is 1. The zero-order chi connectivity index (χ0) is 13.4. The van der Waals surface area contributed by atoms with E-state index in [0.29, 0.717) is 6.04 Å². The fourth-order valence-electron chi connectivity index (χ4n) is 2.27. The molecule has 0 aromatic heterocycles. The Hall–Kier alpha value is -0.820. The van der Waals surface area contributed by atoms with Gasteiger partial charge in [-0.2, -0.15) is 0 Å². The van der Waals surface area contributed by atoms with Gasteiger partial charge in [0.2, 0.25) is 0 Å². The van der Waals surface area contributed by atoms with Crippen molar-refractivity contribution < 1.29 is 0 Å². The van der Waals surface area contributed by atoms with E-state index >= 15 is 0 Å². The van der Waals surface area contributed by atoms with Crippen LogP contribution in [0.1, 0.15) is 62.6 Å². The molecule has 0 radical (unpaired) electrons. The van der Waals surface area contributed by atoms with Crippen molar-refractivity contribution in [2.24, 2.45) is 0 Å². The van der Waals surface area contributed by atoms with Gasteiger partial charge < -0.3 is 5.32 Å². The third-order valence-corrected chi connectivity index (χ3v) is 3.85. The molecule has 0 aliphatic heterocycles. The number of rotatable bonds is 8. The molecule has 1 atom stereocenters. The molecule has 0 amide bonds. The topological polar surface area (TPSA) is 12.0 Å². The van der Waals surface area contributed by atoms with Crippen molar-refractivity contribution in [2.45, 2.75) is 72.4 Å². The summed E-state index contributed by atoms with van der Waals surface area (Å²) in [6.45, 7) is 9.98. The molecule has 1 aromatic rings. The van der Waals surface area contributed by atoms with Gasteiger partial charge in [0.1, 0.15) is 0 Å². The molecule has 1 heteroatoms. The molecule has 0 fully saturated rings. The summed E-state index contributed by atoms with van der Waals surface area (Å²) in [7, 11) is 0. The number of nitrogens with one attached hydrogen (secondary N) is 1. The number of aryl methyl sites for hydroxylation is 1. The fourth-order valence-corrected chi connectivity index (χ4v) is 2.27. The molecule has 0 saturated carbocycles. The molecule has 1 nitrogen and oxygen atoms in total. The van der Waals surface area contributed by atoms with E-state index in [9.17, 15) is 0 Å². The van der Waals surface area contributed by atoms with Gasteiger partial charge in [-0.15, -0.1) is 0 Å². The van der Waals surface area contributed by atoms with E-state index in [0.717, 1.165) is 6.54 Å². The summed E-state index contributed by atoms with van der Waals surface area (Å²) in [5.41, 5.74) is 4.27. The lowest BCUT2D eigenvalue weighted by molar-refractivity contribution is 0.482. The molecule has 0 heterocycles. The van der Waals surface area contributed by atoms with Crippen LogP contribution in [0.2, 0.25) is 0 Å². The van der Waals surface area contributed by atoms with Crippen molar-refractivity contribution in [1.29, 1.82) is 0 Å². The molecule has 0 aliphatic rings. The van der Waals surface area contributed by atoms with Crippen molar-refractivity contribution in [2.75, 3.05) is 0 Å². The lowest BCUT2D eigenvalue weighted by atomic mass is 10.0. The van der Waals surface area contributed by atoms with Gasteiger partial charge in [0.15, 0.2) is 0 Å². The van der Waals surface area contributed by atoms with E-state index in [1.165, 1.54) is 48.8 Å². The number of unbranched alkanes of at least 4 members (excludes halogenated alkanes) is 3. The average Bonchev–Trinajstić information content (AvgIpc) is 2.36. The summed E-state index contributed by atoms with van der Waals surface area (Å²) < 4.78 is 0. The number of hydrogen-bond donors (Lipinski definition) is 1. The third kappa shape index (κ3) is 5.22. The second-order valence-corrected chi connectivity index (χ2v) is 5.49. The Labute approximate surface area is 113 Å². The molecule has 0 saturated heterocycles. The van der Waals surface area contributed by atoms with Crippen LogP contribution < -0.4 is 5.32 Å². The first-order chi connectivity index (χ1) is 8.65. The van der Waals surface area contributed by atoms with Crippen LogP contribution in [0.3, 0.4) is 0 Å². The molecule has 1 aromatic carbocycles. The Morgan fingerprint density at radius 3 is 2.61 bits per heavy atom. The minimum Gasteiger partial charge on any atom is -0.310 e. The molecule has 0 bridgehead atoms. The van der Waals surface area contributed by atoms with E-state index in [1.54, 1.807) is 0 Å². The van der Waals surface area contributed by atoms with Gasteiger partial charge in [0.25, 0.3) is 0 Å². The smallest absolute Gasteiger partial charge is 0.0210 e. The van der Waals surface area contributed by atoms with Crippen LogP contribution in [-0.4, -0.2) is 6.04 Å². The maximum absolute atomic E-state index is 3.64. The second-order valence-electron chi connectivity index (χ2n) is 5.49. The third-order valence-electron chi connectivity index (χ3n) is 3.85. The van der Waals surface area contributed by atoms with Crippen molar-refractivity contribution in [3.8, 4) is 0 Å². The minimum absolute atomic E-state index is 0.627. The molecule has 18 heavy (non-hydrogen) atoms. The van der Waals surface area contributed by atoms with Crippen LogP contribution in [0.5, 0.6) is 0 Å². The first-order valence-corrected chi connectivity index (χ1v) is 7.43. The molecule has 1 rings (SSSR count). The number of benzene rings is 1. The standard InChI is InChI=1S/C17H29N/c1-5-6-7-8-11-15(3)18-13-17-12-9-10-14(2)16(17)4/h9-10,12,15,18H,5-8,11,13H2,1-4H3. The summed E-state index contributed by atoms with van der Waals surface area (Å²) in [5, 5.41) is 3.64. The lowest BCUT2D eigenvalue weighted by Crippen LogP contribution is -2.25. The Morgan fingerprint density at radius 2 is 1.89 bits per heavy atom. The highest BCUT2D eigenvalue weighted by Crippen LogP contribution is 2.13. The van der Waals surface area contributed by atoms with E-state index in [2.05, 4.69) is 51.2 Å². The summed E-state index contributed by atoms with van der Waals surface area (Å²) in [6.07, 6.45) is 6.74. The van der Waals surface area contributed by atoms with E-state index < -0.39 is 0 Å². The van der Waals surface area contributed by atoms with Crippen molar-refractivity contribution >= 4 is 0 Å². The maximum atomic E-state index is 3.64.